The van der Waals surface area contributed by atoms with Gasteiger partial charge in [0.25, 0.3) is 0 Å². The first-order valence-corrected chi connectivity index (χ1v) is 5.73. The minimum Gasteiger partial charge on any atom is -0.361 e. The van der Waals surface area contributed by atoms with Crippen LogP contribution in [-0.4, -0.2) is 13.1 Å². The fraction of sp³-hybridized carbons (Fsp3) is 0.500. The van der Waals surface area contributed by atoms with E-state index in [1.165, 1.54) is 42.5 Å². The molecule has 76 valence electrons. The van der Waals surface area contributed by atoms with E-state index in [1.54, 1.807) is 0 Å². The van der Waals surface area contributed by atoms with Crippen molar-refractivity contribution in [2.24, 2.45) is 0 Å². The second kappa shape index (κ2) is 4.22. The summed E-state index contributed by atoms with van der Waals surface area (Å²) in [5, 5.41) is 0. The summed E-state index contributed by atoms with van der Waals surface area (Å²) in [4.78, 5) is 2.07. The highest BCUT2D eigenvalue weighted by Crippen LogP contribution is 2.25. The minimum absolute atomic E-state index is 0.554. The lowest BCUT2D eigenvalue weighted by Gasteiger charge is -2.21. The van der Waals surface area contributed by atoms with Gasteiger partial charge in [0.05, 0.1) is 6.00 Å². The van der Waals surface area contributed by atoms with Crippen molar-refractivity contribution in [3.05, 3.63) is 29.3 Å². The molecule has 0 aromatic heterocycles. The van der Waals surface area contributed by atoms with E-state index in [2.05, 4.69) is 23.1 Å². The van der Waals surface area contributed by atoms with Crippen molar-refractivity contribution in [1.82, 2.24) is 0 Å². The molecule has 0 spiro atoms. The van der Waals surface area contributed by atoms with E-state index in [0.29, 0.717) is 6.00 Å². The zero-order valence-corrected chi connectivity index (χ0v) is 9.35. The average molecular weight is 210 g/mol. The maximum atomic E-state index is 5.80. The Bertz CT molecular complexity index is 322. The summed E-state index contributed by atoms with van der Waals surface area (Å²) in [5.41, 5.74) is 4.29. The largest absolute Gasteiger partial charge is 0.361 e. The normalized spacial score (nSPS) is 15.0. The molecule has 0 unspecified atom stereocenters. The van der Waals surface area contributed by atoms with Gasteiger partial charge in [0, 0.05) is 12.7 Å². The lowest BCUT2D eigenvalue weighted by Crippen LogP contribution is -2.15. The Kier molecular flexibility index (Phi) is 2.97. The fourth-order valence-electron chi connectivity index (χ4n) is 2.03. The maximum absolute atomic E-state index is 5.80. The molecule has 1 aromatic carbocycles. The lowest BCUT2D eigenvalue weighted by molar-refractivity contribution is 0.685. The predicted octanol–water partition coefficient (Wildman–Crippen LogP) is 3.20. The zero-order valence-electron chi connectivity index (χ0n) is 8.59. The van der Waals surface area contributed by atoms with E-state index >= 15 is 0 Å². The van der Waals surface area contributed by atoms with Crippen molar-refractivity contribution in [3.63, 3.8) is 0 Å². The number of anilines is 1. The van der Waals surface area contributed by atoms with Crippen molar-refractivity contribution >= 4 is 17.3 Å². The molecule has 0 bridgehead atoms. The van der Waals surface area contributed by atoms with Crippen molar-refractivity contribution in [2.45, 2.75) is 25.7 Å². The van der Waals surface area contributed by atoms with Gasteiger partial charge in [0.1, 0.15) is 0 Å². The van der Waals surface area contributed by atoms with Crippen LogP contribution in [0.5, 0.6) is 0 Å². The molecule has 0 N–H and O–H groups in total. The Morgan fingerprint density at radius 1 is 1.21 bits per heavy atom. The van der Waals surface area contributed by atoms with Crippen LogP contribution in [0.4, 0.5) is 5.69 Å². The summed E-state index contributed by atoms with van der Waals surface area (Å²) in [5.74, 6) is 0. The highest BCUT2D eigenvalue weighted by Gasteiger charge is 2.10. The third-order valence-corrected chi connectivity index (χ3v) is 3.31. The van der Waals surface area contributed by atoms with Gasteiger partial charge in [-0.2, -0.15) is 0 Å². The van der Waals surface area contributed by atoms with Gasteiger partial charge >= 0.3 is 0 Å². The fourth-order valence-corrected chi connectivity index (χ4v) is 2.16. The number of hydrogen-bond acceptors (Lipinski definition) is 1. The number of benzene rings is 1. The smallest absolute Gasteiger partial charge is 0.0925 e. The van der Waals surface area contributed by atoms with E-state index in [4.69, 9.17) is 11.6 Å². The molecule has 14 heavy (non-hydrogen) atoms. The molecular weight excluding hydrogens is 194 g/mol. The van der Waals surface area contributed by atoms with E-state index in [-0.39, 0.29) is 0 Å². The molecule has 0 amide bonds. The molecule has 0 fully saturated rings. The number of halogens is 1. The van der Waals surface area contributed by atoms with Gasteiger partial charge in [-0.1, -0.05) is 6.07 Å². The standard InChI is InChI=1S/C12H16ClN/c1-14(9-13)12-7-6-10-4-2-3-5-11(10)8-12/h6-8H,2-5,9H2,1H3. The Morgan fingerprint density at radius 3 is 2.64 bits per heavy atom. The second-order valence-corrected chi connectivity index (χ2v) is 4.22. The quantitative estimate of drug-likeness (QED) is 0.534. The molecule has 1 aliphatic carbocycles. The topological polar surface area (TPSA) is 3.24 Å². The molecule has 2 rings (SSSR count). The van der Waals surface area contributed by atoms with Gasteiger partial charge in [-0.15, -0.1) is 11.6 Å². The molecule has 1 aromatic rings. The monoisotopic (exact) mass is 209 g/mol. The van der Waals surface area contributed by atoms with Crippen molar-refractivity contribution < 1.29 is 0 Å². The summed E-state index contributed by atoms with van der Waals surface area (Å²) in [6.45, 7) is 0. The van der Waals surface area contributed by atoms with Gasteiger partial charge in [-0.05, 0) is 48.9 Å². The van der Waals surface area contributed by atoms with Gasteiger partial charge in [-0.25, -0.2) is 0 Å². The lowest BCUT2D eigenvalue weighted by atomic mass is 9.91. The highest BCUT2D eigenvalue weighted by atomic mass is 35.5. The van der Waals surface area contributed by atoms with Crippen molar-refractivity contribution in [3.8, 4) is 0 Å². The summed E-state index contributed by atoms with van der Waals surface area (Å²) in [6, 6.07) is 7.27. The van der Waals surface area contributed by atoms with Crippen molar-refractivity contribution in [2.75, 3.05) is 18.0 Å². The number of rotatable bonds is 2. The third-order valence-electron chi connectivity index (χ3n) is 2.95. The molecule has 2 heteroatoms. The molecule has 0 atom stereocenters. The van der Waals surface area contributed by atoms with Gasteiger partial charge in [-0.3, -0.25) is 0 Å². The molecule has 0 saturated heterocycles. The van der Waals surface area contributed by atoms with Crippen LogP contribution in [0.2, 0.25) is 0 Å². The second-order valence-electron chi connectivity index (χ2n) is 3.98. The molecule has 0 radical (unpaired) electrons. The highest BCUT2D eigenvalue weighted by molar-refractivity contribution is 6.18. The van der Waals surface area contributed by atoms with Crippen LogP contribution in [0.1, 0.15) is 24.0 Å². The van der Waals surface area contributed by atoms with E-state index in [9.17, 15) is 0 Å². The number of hydrogen-bond donors (Lipinski definition) is 0. The first-order chi connectivity index (χ1) is 6.81. The summed E-state index contributed by atoms with van der Waals surface area (Å²) >= 11 is 5.80. The predicted molar refractivity (Wildman–Crippen MR) is 62.2 cm³/mol. The summed E-state index contributed by atoms with van der Waals surface area (Å²) < 4.78 is 0. The summed E-state index contributed by atoms with van der Waals surface area (Å²) in [7, 11) is 2.03. The number of nitrogens with zero attached hydrogens (tertiary/aromatic N) is 1. The Balaban J connectivity index is 2.29. The van der Waals surface area contributed by atoms with Crippen LogP contribution < -0.4 is 4.90 Å². The Hall–Kier alpha value is -0.690. The summed E-state index contributed by atoms with van der Waals surface area (Å²) in [6.07, 6.45) is 5.16. The zero-order chi connectivity index (χ0) is 9.97. The van der Waals surface area contributed by atoms with Crippen LogP contribution in [0.15, 0.2) is 18.2 Å². The van der Waals surface area contributed by atoms with Crippen LogP contribution in [0, 0.1) is 0 Å². The van der Waals surface area contributed by atoms with Crippen LogP contribution in [0.25, 0.3) is 0 Å². The van der Waals surface area contributed by atoms with Gasteiger partial charge in [0.2, 0.25) is 0 Å². The molecule has 0 aliphatic heterocycles. The first kappa shape index (κ1) is 9.85. The molecule has 1 aliphatic rings. The first-order valence-electron chi connectivity index (χ1n) is 5.20. The molecule has 1 nitrogen and oxygen atoms in total. The number of aryl methyl sites for hydroxylation is 2. The van der Waals surface area contributed by atoms with Crippen LogP contribution in [-0.2, 0) is 12.8 Å². The minimum atomic E-state index is 0.554. The average Bonchev–Trinajstić information content (AvgIpc) is 2.27. The van der Waals surface area contributed by atoms with E-state index in [0.717, 1.165) is 0 Å². The molecule has 0 heterocycles. The van der Waals surface area contributed by atoms with Crippen LogP contribution >= 0.6 is 11.6 Å². The molecular formula is C12H16ClN. The molecule has 0 saturated carbocycles. The maximum Gasteiger partial charge on any atom is 0.0925 e. The van der Waals surface area contributed by atoms with Gasteiger partial charge in [0.15, 0.2) is 0 Å². The van der Waals surface area contributed by atoms with E-state index < -0.39 is 0 Å². The van der Waals surface area contributed by atoms with Crippen molar-refractivity contribution in [1.29, 1.82) is 0 Å². The Morgan fingerprint density at radius 2 is 1.93 bits per heavy atom. The number of alkyl halides is 1. The van der Waals surface area contributed by atoms with Crippen LogP contribution in [0.3, 0.4) is 0 Å². The SMILES string of the molecule is CN(CCl)c1ccc2c(c1)CCCC2. The van der Waals surface area contributed by atoms with Gasteiger partial charge < -0.3 is 4.90 Å². The van der Waals surface area contributed by atoms with E-state index in [1.807, 2.05) is 7.05 Å². The number of fused-ring (bicyclic) bond motifs is 1. The third kappa shape index (κ3) is 1.88. The Labute approximate surface area is 90.7 Å².